The van der Waals surface area contributed by atoms with E-state index in [0.29, 0.717) is 10.4 Å². The molecule has 0 spiro atoms. The molecule has 0 unspecified atom stereocenters. The van der Waals surface area contributed by atoms with Crippen LogP contribution >= 0.6 is 11.3 Å². The van der Waals surface area contributed by atoms with E-state index < -0.39 is 27.7 Å². The van der Waals surface area contributed by atoms with Crippen LogP contribution in [0.5, 0.6) is 0 Å². The number of anilines is 1. The molecule has 1 N–H and O–H groups in total. The van der Waals surface area contributed by atoms with Crippen molar-refractivity contribution in [3.63, 3.8) is 0 Å². The molecule has 0 aliphatic rings. The number of carbonyl (C=O) groups is 1. The van der Waals surface area contributed by atoms with Gasteiger partial charge in [-0.05, 0) is 29.8 Å². The lowest BCUT2D eigenvalue weighted by atomic mass is 10.1. The van der Waals surface area contributed by atoms with Crippen LogP contribution in [0.4, 0.5) is 18.3 Å². The number of sulfonamides is 1. The van der Waals surface area contributed by atoms with Crippen LogP contribution in [0.2, 0.25) is 0 Å². The Hall–Kier alpha value is -2.76. The number of carbonyl (C=O) groups excluding carboxylic acids is 1. The van der Waals surface area contributed by atoms with E-state index in [4.69, 9.17) is 0 Å². The summed E-state index contributed by atoms with van der Waals surface area (Å²) in [5.74, 6) is -0.546. The number of alkyl halides is 3. The summed E-state index contributed by atoms with van der Waals surface area (Å²) in [6, 6.07) is 10.6. The summed E-state index contributed by atoms with van der Waals surface area (Å²) in [7, 11) is -0.905. The number of halogens is 3. The molecule has 0 atom stereocenters. The number of hydrogen-bond donors (Lipinski definition) is 1. The van der Waals surface area contributed by atoms with E-state index >= 15 is 0 Å². The molecule has 3 aromatic rings. The number of nitrogens with zero attached hydrogens (tertiary/aromatic N) is 2. The molecular formula is C20H18F3N3O3S2. The SMILES string of the molecule is CN(C)S(=O)(=O)c1cccc(C(=O)Nc2ncc(Cc3cccc(C(F)(F)F)c3)s2)c1. The van der Waals surface area contributed by atoms with Gasteiger partial charge in [-0.1, -0.05) is 24.3 Å². The molecule has 0 aliphatic carbocycles. The lowest BCUT2D eigenvalue weighted by Gasteiger charge is -2.12. The van der Waals surface area contributed by atoms with Gasteiger partial charge in [-0.25, -0.2) is 17.7 Å². The highest BCUT2D eigenvalue weighted by molar-refractivity contribution is 7.89. The molecule has 31 heavy (non-hydrogen) atoms. The van der Waals surface area contributed by atoms with Crippen LogP contribution in [-0.2, 0) is 22.6 Å². The van der Waals surface area contributed by atoms with Gasteiger partial charge in [0.1, 0.15) is 0 Å². The number of aromatic nitrogens is 1. The Morgan fingerprint density at radius 3 is 2.52 bits per heavy atom. The van der Waals surface area contributed by atoms with Crippen molar-refractivity contribution in [1.82, 2.24) is 9.29 Å². The normalized spacial score (nSPS) is 12.2. The summed E-state index contributed by atoms with van der Waals surface area (Å²) < 4.78 is 64.1. The molecule has 3 rings (SSSR count). The largest absolute Gasteiger partial charge is 0.416 e. The fourth-order valence-electron chi connectivity index (χ4n) is 2.68. The van der Waals surface area contributed by atoms with Crippen LogP contribution < -0.4 is 5.32 Å². The van der Waals surface area contributed by atoms with Gasteiger partial charge in [-0.3, -0.25) is 10.1 Å². The number of benzene rings is 2. The predicted octanol–water partition coefficient (Wildman–Crippen LogP) is 4.26. The standard InChI is InChI=1S/C20H18F3N3O3S2/c1-26(2)31(28,29)17-8-4-6-14(11-17)18(27)25-19-24-12-16(30-19)10-13-5-3-7-15(9-13)20(21,22)23/h3-9,11-12H,10H2,1-2H3,(H,24,25,27). The number of amides is 1. The van der Waals surface area contributed by atoms with Crippen molar-refractivity contribution >= 4 is 32.4 Å². The third-order valence-electron chi connectivity index (χ3n) is 4.28. The molecule has 11 heteroatoms. The maximum atomic E-state index is 12.9. The number of thiazole rings is 1. The van der Waals surface area contributed by atoms with Crippen molar-refractivity contribution in [2.75, 3.05) is 19.4 Å². The molecular weight excluding hydrogens is 451 g/mol. The third-order valence-corrected chi connectivity index (χ3v) is 7.01. The van der Waals surface area contributed by atoms with E-state index in [1.165, 1.54) is 50.6 Å². The van der Waals surface area contributed by atoms with Gasteiger partial charge in [-0.15, -0.1) is 11.3 Å². The topological polar surface area (TPSA) is 79.4 Å². The van der Waals surface area contributed by atoms with E-state index in [1.54, 1.807) is 6.07 Å². The molecule has 0 fully saturated rings. The first kappa shape index (κ1) is 22.9. The van der Waals surface area contributed by atoms with Crippen molar-refractivity contribution < 1.29 is 26.4 Å². The number of nitrogens with one attached hydrogen (secondary N) is 1. The van der Waals surface area contributed by atoms with Gasteiger partial charge in [0, 0.05) is 37.2 Å². The van der Waals surface area contributed by atoms with E-state index in [0.717, 1.165) is 27.8 Å². The summed E-state index contributed by atoms with van der Waals surface area (Å²) in [5, 5.41) is 2.85. The second kappa shape index (κ2) is 8.77. The Bertz CT molecular complexity index is 1210. The van der Waals surface area contributed by atoms with Gasteiger partial charge >= 0.3 is 6.18 Å². The minimum atomic E-state index is -4.42. The van der Waals surface area contributed by atoms with Gasteiger partial charge in [0.05, 0.1) is 10.5 Å². The zero-order valence-electron chi connectivity index (χ0n) is 16.5. The first-order chi connectivity index (χ1) is 14.5. The first-order valence-electron chi connectivity index (χ1n) is 8.91. The van der Waals surface area contributed by atoms with Gasteiger partial charge in [-0.2, -0.15) is 13.2 Å². The van der Waals surface area contributed by atoms with E-state index in [-0.39, 0.29) is 22.0 Å². The Balaban J connectivity index is 1.73. The fraction of sp³-hybridized carbons (Fsp3) is 0.200. The molecule has 164 valence electrons. The molecule has 0 saturated carbocycles. The Morgan fingerprint density at radius 2 is 1.84 bits per heavy atom. The van der Waals surface area contributed by atoms with E-state index in [1.807, 2.05) is 0 Å². The zero-order valence-corrected chi connectivity index (χ0v) is 18.1. The summed E-state index contributed by atoms with van der Waals surface area (Å²) >= 11 is 1.13. The molecule has 1 heterocycles. The van der Waals surface area contributed by atoms with Gasteiger partial charge in [0.25, 0.3) is 5.91 Å². The number of rotatable bonds is 6. The Morgan fingerprint density at radius 1 is 1.13 bits per heavy atom. The Labute approximate surface area is 181 Å². The van der Waals surface area contributed by atoms with Gasteiger partial charge in [0.15, 0.2) is 5.13 Å². The second-order valence-electron chi connectivity index (χ2n) is 6.78. The molecule has 1 amide bonds. The first-order valence-corrected chi connectivity index (χ1v) is 11.2. The zero-order chi connectivity index (χ0) is 22.8. The summed E-state index contributed by atoms with van der Waals surface area (Å²) in [6.07, 6.45) is -2.71. The third kappa shape index (κ3) is 5.49. The quantitative estimate of drug-likeness (QED) is 0.585. The van der Waals surface area contributed by atoms with Crippen molar-refractivity contribution in [2.45, 2.75) is 17.5 Å². The smallest absolute Gasteiger partial charge is 0.298 e. The van der Waals surface area contributed by atoms with Crippen LogP contribution in [-0.4, -0.2) is 37.7 Å². The molecule has 0 bridgehead atoms. The predicted molar refractivity (Wildman–Crippen MR) is 112 cm³/mol. The molecule has 1 aromatic heterocycles. The van der Waals surface area contributed by atoms with Crippen LogP contribution in [0, 0.1) is 0 Å². The minimum Gasteiger partial charge on any atom is -0.298 e. The highest BCUT2D eigenvalue weighted by atomic mass is 32.2. The molecule has 2 aromatic carbocycles. The summed E-state index contributed by atoms with van der Waals surface area (Å²) in [5.41, 5.74) is -0.119. The van der Waals surface area contributed by atoms with Gasteiger partial charge in [0.2, 0.25) is 10.0 Å². The van der Waals surface area contributed by atoms with Crippen molar-refractivity contribution in [1.29, 1.82) is 0 Å². The second-order valence-corrected chi connectivity index (χ2v) is 10.0. The average Bonchev–Trinajstić information content (AvgIpc) is 3.14. The van der Waals surface area contributed by atoms with Crippen molar-refractivity contribution in [2.24, 2.45) is 0 Å². The van der Waals surface area contributed by atoms with E-state index in [9.17, 15) is 26.4 Å². The molecule has 0 saturated heterocycles. The molecule has 0 radical (unpaired) electrons. The van der Waals surface area contributed by atoms with Gasteiger partial charge < -0.3 is 0 Å². The lowest BCUT2D eigenvalue weighted by Crippen LogP contribution is -2.22. The van der Waals surface area contributed by atoms with Crippen LogP contribution in [0.25, 0.3) is 0 Å². The molecule has 6 nitrogen and oxygen atoms in total. The summed E-state index contributed by atoms with van der Waals surface area (Å²) in [4.78, 5) is 17.2. The van der Waals surface area contributed by atoms with Crippen LogP contribution in [0.15, 0.2) is 59.6 Å². The molecule has 0 aliphatic heterocycles. The van der Waals surface area contributed by atoms with Crippen LogP contribution in [0.3, 0.4) is 0 Å². The maximum Gasteiger partial charge on any atom is 0.416 e. The fourth-order valence-corrected chi connectivity index (χ4v) is 4.47. The monoisotopic (exact) mass is 469 g/mol. The summed E-state index contributed by atoms with van der Waals surface area (Å²) in [6.45, 7) is 0. The van der Waals surface area contributed by atoms with E-state index in [2.05, 4.69) is 10.3 Å². The highest BCUT2D eigenvalue weighted by Crippen LogP contribution is 2.30. The average molecular weight is 470 g/mol. The van der Waals surface area contributed by atoms with Crippen molar-refractivity contribution in [3.8, 4) is 0 Å². The van der Waals surface area contributed by atoms with Crippen molar-refractivity contribution in [3.05, 3.63) is 76.3 Å². The van der Waals surface area contributed by atoms with Crippen LogP contribution in [0.1, 0.15) is 26.4 Å². The Kier molecular flexibility index (Phi) is 6.48. The highest BCUT2D eigenvalue weighted by Gasteiger charge is 2.30. The minimum absolute atomic E-state index is 0.0190. The number of hydrogen-bond acceptors (Lipinski definition) is 5. The lowest BCUT2D eigenvalue weighted by molar-refractivity contribution is -0.137. The maximum absolute atomic E-state index is 12.9.